The van der Waals surface area contributed by atoms with Gasteiger partial charge in [-0.05, 0) is 53.6 Å². The van der Waals surface area contributed by atoms with E-state index in [0.717, 1.165) is 28.2 Å². The zero-order chi connectivity index (χ0) is 14.8. The number of phenols is 1. The summed E-state index contributed by atoms with van der Waals surface area (Å²) in [4.78, 5) is 1.14. The van der Waals surface area contributed by atoms with Gasteiger partial charge in [0.15, 0.2) is 0 Å². The molecule has 0 saturated carbocycles. The lowest BCUT2D eigenvalue weighted by Crippen LogP contribution is -2.24. The van der Waals surface area contributed by atoms with Crippen LogP contribution in [0.4, 0.5) is 4.39 Å². The van der Waals surface area contributed by atoms with Crippen LogP contribution in [-0.4, -0.2) is 10.9 Å². The fourth-order valence-electron chi connectivity index (χ4n) is 2.48. The van der Waals surface area contributed by atoms with Crippen LogP contribution in [0.15, 0.2) is 41.3 Å². The highest BCUT2D eigenvalue weighted by Gasteiger charge is 2.20. The molecule has 2 aromatic carbocycles. The monoisotopic (exact) mass is 323 g/mol. The average Bonchev–Trinajstić information content (AvgIpc) is 2.48. The van der Waals surface area contributed by atoms with Crippen molar-refractivity contribution in [1.29, 1.82) is 0 Å². The number of hydrogen-bond acceptors (Lipinski definition) is 3. The Bertz CT molecular complexity index is 665. The van der Waals surface area contributed by atoms with E-state index in [9.17, 15) is 9.50 Å². The molecule has 0 amide bonds. The number of hydrogen-bond donors (Lipinski definition) is 2. The number of fused-ring (bicyclic) bond motifs is 1. The molecule has 0 aliphatic carbocycles. The van der Waals surface area contributed by atoms with Crippen molar-refractivity contribution in [1.82, 2.24) is 5.32 Å². The molecular weight excluding hydrogens is 309 g/mol. The molecule has 2 aromatic rings. The lowest BCUT2D eigenvalue weighted by Gasteiger charge is -2.26. The lowest BCUT2D eigenvalue weighted by atomic mass is 10.0. The Balaban J connectivity index is 1.74. The fraction of sp³-hybridized carbons (Fsp3) is 0.250. The molecule has 21 heavy (non-hydrogen) atoms. The first-order chi connectivity index (χ1) is 10.1. The van der Waals surface area contributed by atoms with Crippen LogP contribution in [0.3, 0.4) is 0 Å². The van der Waals surface area contributed by atoms with Crippen molar-refractivity contribution in [3.63, 3.8) is 0 Å². The molecule has 1 unspecified atom stereocenters. The van der Waals surface area contributed by atoms with E-state index in [2.05, 4.69) is 5.32 Å². The van der Waals surface area contributed by atoms with Crippen LogP contribution in [0.2, 0.25) is 5.02 Å². The summed E-state index contributed by atoms with van der Waals surface area (Å²) in [5.41, 5.74) is 2.02. The van der Waals surface area contributed by atoms with Crippen molar-refractivity contribution < 1.29 is 9.50 Å². The lowest BCUT2D eigenvalue weighted by molar-refractivity contribution is 0.474. The largest absolute Gasteiger partial charge is 0.506 e. The molecule has 0 radical (unpaired) electrons. The molecule has 1 atom stereocenters. The van der Waals surface area contributed by atoms with Gasteiger partial charge in [0.1, 0.15) is 11.6 Å². The highest BCUT2D eigenvalue weighted by Crippen LogP contribution is 2.36. The molecule has 5 heteroatoms. The summed E-state index contributed by atoms with van der Waals surface area (Å²) in [6.45, 7) is 0.630. The van der Waals surface area contributed by atoms with Gasteiger partial charge in [-0.15, -0.1) is 11.8 Å². The van der Waals surface area contributed by atoms with E-state index in [1.165, 1.54) is 6.07 Å². The van der Waals surface area contributed by atoms with Crippen molar-refractivity contribution in [2.45, 2.75) is 23.9 Å². The third-order valence-corrected chi connectivity index (χ3v) is 5.00. The van der Waals surface area contributed by atoms with Gasteiger partial charge >= 0.3 is 0 Å². The zero-order valence-corrected chi connectivity index (χ0v) is 12.8. The average molecular weight is 324 g/mol. The van der Waals surface area contributed by atoms with Gasteiger partial charge in [0.05, 0.1) is 5.02 Å². The van der Waals surface area contributed by atoms with Crippen LogP contribution in [0.5, 0.6) is 5.75 Å². The molecule has 3 rings (SSSR count). The van der Waals surface area contributed by atoms with Crippen molar-refractivity contribution in [3.05, 3.63) is 58.4 Å². The van der Waals surface area contributed by atoms with E-state index >= 15 is 0 Å². The van der Waals surface area contributed by atoms with E-state index in [0.29, 0.717) is 11.6 Å². The summed E-state index contributed by atoms with van der Waals surface area (Å²) in [5.74, 6) is 0.907. The maximum absolute atomic E-state index is 13.4. The highest BCUT2D eigenvalue weighted by atomic mass is 35.5. The summed E-state index contributed by atoms with van der Waals surface area (Å²) >= 11 is 7.67. The summed E-state index contributed by atoms with van der Waals surface area (Å²) in [6.07, 6.45) is 0.965. The van der Waals surface area contributed by atoms with Gasteiger partial charge in [-0.3, -0.25) is 0 Å². The zero-order valence-electron chi connectivity index (χ0n) is 11.3. The van der Waals surface area contributed by atoms with E-state index in [-0.39, 0.29) is 17.6 Å². The minimum atomic E-state index is -0.198. The van der Waals surface area contributed by atoms with E-state index in [4.69, 9.17) is 11.6 Å². The molecule has 1 heterocycles. The molecule has 0 spiro atoms. The second-order valence-corrected chi connectivity index (χ2v) is 6.58. The molecule has 0 fully saturated rings. The number of rotatable bonds is 3. The maximum atomic E-state index is 13.4. The minimum Gasteiger partial charge on any atom is -0.506 e. The molecule has 110 valence electrons. The quantitative estimate of drug-likeness (QED) is 0.871. The predicted molar refractivity (Wildman–Crippen MR) is 84.4 cm³/mol. The van der Waals surface area contributed by atoms with Crippen LogP contribution in [-0.2, 0) is 6.54 Å². The Kier molecular flexibility index (Phi) is 4.38. The number of phenolic OH excluding ortho intramolecular Hbond substituents is 1. The van der Waals surface area contributed by atoms with Crippen LogP contribution in [0.1, 0.15) is 23.6 Å². The standard InChI is InChI=1S/C16H15ClFNOS/c17-13-7-10(1-3-15(13)20)9-19-14-5-6-21-16-4-2-11(18)8-12(14)16/h1-4,7-8,14,19-20H,5-6,9H2. The van der Waals surface area contributed by atoms with Gasteiger partial charge in [0.25, 0.3) is 0 Å². The summed E-state index contributed by atoms with van der Waals surface area (Å²) < 4.78 is 13.4. The Hall–Kier alpha value is -1.23. The summed E-state index contributed by atoms with van der Waals surface area (Å²) in [7, 11) is 0. The Labute approximate surface area is 132 Å². The normalized spacial score (nSPS) is 17.5. The Morgan fingerprint density at radius 1 is 1.29 bits per heavy atom. The Morgan fingerprint density at radius 3 is 2.95 bits per heavy atom. The molecular formula is C16H15ClFNOS. The topological polar surface area (TPSA) is 32.3 Å². The number of benzene rings is 2. The van der Waals surface area contributed by atoms with Gasteiger partial charge in [-0.2, -0.15) is 0 Å². The predicted octanol–water partition coefficient (Wildman–Crippen LogP) is 4.51. The van der Waals surface area contributed by atoms with Crippen molar-refractivity contribution in [2.24, 2.45) is 0 Å². The van der Waals surface area contributed by atoms with Crippen molar-refractivity contribution >= 4 is 23.4 Å². The smallest absolute Gasteiger partial charge is 0.134 e. The van der Waals surface area contributed by atoms with Crippen molar-refractivity contribution in [3.8, 4) is 5.75 Å². The summed E-state index contributed by atoms with van der Waals surface area (Å²) in [6, 6.07) is 10.3. The van der Waals surface area contributed by atoms with Gasteiger partial charge in [-0.25, -0.2) is 4.39 Å². The van der Waals surface area contributed by atoms with E-state index < -0.39 is 0 Å². The molecule has 2 nitrogen and oxygen atoms in total. The summed E-state index contributed by atoms with van der Waals surface area (Å²) in [5, 5.41) is 13.2. The first-order valence-corrected chi connectivity index (χ1v) is 8.13. The van der Waals surface area contributed by atoms with Crippen LogP contribution in [0, 0.1) is 5.82 Å². The third-order valence-electron chi connectivity index (χ3n) is 3.58. The third kappa shape index (κ3) is 3.34. The first kappa shape index (κ1) is 14.7. The molecule has 1 aliphatic rings. The van der Waals surface area contributed by atoms with E-state index in [1.54, 1.807) is 30.0 Å². The number of halogens is 2. The fourth-order valence-corrected chi connectivity index (χ4v) is 3.79. The molecule has 0 aromatic heterocycles. The molecule has 2 N–H and O–H groups in total. The van der Waals surface area contributed by atoms with Crippen molar-refractivity contribution in [2.75, 3.05) is 5.75 Å². The number of nitrogens with one attached hydrogen (secondary N) is 1. The SMILES string of the molecule is Oc1ccc(CNC2CCSc3ccc(F)cc32)cc1Cl. The molecule has 1 aliphatic heterocycles. The van der Waals surface area contributed by atoms with Gasteiger partial charge in [0, 0.05) is 17.5 Å². The second-order valence-electron chi connectivity index (χ2n) is 5.04. The van der Waals surface area contributed by atoms with Crippen LogP contribution >= 0.6 is 23.4 Å². The first-order valence-electron chi connectivity index (χ1n) is 6.76. The highest BCUT2D eigenvalue weighted by molar-refractivity contribution is 7.99. The maximum Gasteiger partial charge on any atom is 0.134 e. The van der Waals surface area contributed by atoms with Gasteiger partial charge in [0.2, 0.25) is 0 Å². The molecule has 0 saturated heterocycles. The Morgan fingerprint density at radius 2 is 2.14 bits per heavy atom. The second kappa shape index (κ2) is 6.26. The van der Waals surface area contributed by atoms with E-state index in [1.807, 2.05) is 12.1 Å². The van der Waals surface area contributed by atoms with Gasteiger partial charge < -0.3 is 10.4 Å². The minimum absolute atomic E-state index is 0.0851. The number of aromatic hydroxyl groups is 1. The van der Waals surface area contributed by atoms with Crippen LogP contribution in [0.25, 0.3) is 0 Å². The van der Waals surface area contributed by atoms with Gasteiger partial charge in [-0.1, -0.05) is 17.7 Å². The number of thioether (sulfide) groups is 1. The molecule has 0 bridgehead atoms. The van der Waals surface area contributed by atoms with Crippen LogP contribution < -0.4 is 5.32 Å².